The van der Waals surface area contributed by atoms with Gasteiger partial charge >= 0.3 is 0 Å². The van der Waals surface area contributed by atoms with Crippen molar-refractivity contribution in [2.24, 2.45) is 0 Å². The minimum Gasteiger partial charge on any atom is -0.497 e. The van der Waals surface area contributed by atoms with Gasteiger partial charge in [0.2, 0.25) is 5.91 Å². The predicted molar refractivity (Wildman–Crippen MR) is 136 cm³/mol. The smallest absolute Gasteiger partial charge is 0.271 e. The summed E-state index contributed by atoms with van der Waals surface area (Å²) in [4.78, 5) is 30.2. The van der Waals surface area contributed by atoms with Crippen molar-refractivity contribution in [3.63, 3.8) is 0 Å². The molecule has 7 nitrogen and oxygen atoms in total. The maximum absolute atomic E-state index is 13.9. The lowest BCUT2D eigenvalue weighted by Gasteiger charge is -2.44. The molecule has 0 spiro atoms. The molecular weight excluding hydrogens is 481 g/mol. The summed E-state index contributed by atoms with van der Waals surface area (Å²) < 4.78 is 26.1. The Balaban J connectivity index is 1.52. The summed E-state index contributed by atoms with van der Waals surface area (Å²) in [7, 11) is 3.13. The van der Waals surface area contributed by atoms with Gasteiger partial charge in [-0.1, -0.05) is 12.1 Å². The molecule has 0 saturated heterocycles. The SMILES string of the molecule is COc1ccc(CN2C(=O)c3cc4ccsc4n3C[C@@]2(C)C(=O)NCc2ccc(F)cc2)c(OC)c1. The van der Waals surface area contributed by atoms with Gasteiger partial charge < -0.3 is 24.3 Å². The van der Waals surface area contributed by atoms with Crippen molar-refractivity contribution in [2.45, 2.75) is 32.1 Å². The van der Waals surface area contributed by atoms with Crippen molar-refractivity contribution >= 4 is 33.4 Å². The standard InChI is InChI=1S/C27H26FN3O4S/c1-27(26(33)29-14-17-4-7-20(28)8-5-17)16-30-22(12-18-10-11-36-25(18)30)24(32)31(27)15-19-6-9-21(34-2)13-23(19)35-3/h4-13H,14-16H2,1-3H3,(H,29,33)/t27-/m0/s1. The second-order valence-corrected chi connectivity index (χ2v) is 9.84. The molecule has 4 aromatic rings. The van der Waals surface area contributed by atoms with Gasteiger partial charge in [-0.15, -0.1) is 11.3 Å². The van der Waals surface area contributed by atoms with Crippen LogP contribution in [0.5, 0.6) is 11.5 Å². The Kier molecular flexibility index (Phi) is 6.17. The van der Waals surface area contributed by atoms with E-state index in [9.17, 15) is 14.0 Å². The number of nitrogens with one attached hydrogen (secondary N) is 1. The van der Waals surface area contributed by atoms with Crippen molar-refractivity contribution in [1.29, 1.82) is 0 Å². The van der Waals surface area contributed by atoms with Gasteiger partial charge in [0.1, 0.15) is 33.4 Å². The minimum atomic E-state index is -1.19. The Morgan fingerprint density at radius 1 is 1.11 bits per heavy atom. The third kappa shape index (κ3) is 4.09. The van der Waals surface area contributed by atoms with Crippen LogP contribution in [0.25, 0.3) is 10.2 Å². The van der Waals surface area contributed by atoms with Crippen LogP contribution in [0.15, 0.2) is 60.0 Å². The van der Waals surface area contributed by atoms with Gasteiger partial charge in [0.25, 0.3) is 5.91 Å². The summed E-state index contributed by atoms with van der Waals surface area (Å²) in [6, 6.07) is 15.2. The summed E-state index contributed by atoms with van der Waals surface area (Å²) in [5, 5.41) is 5.91. The molecule has 186 valence electrons. The number of hydrogen-bond donors (Lipinski definition) is 1. The summed E-state index contributed by atoms with van der Waals surface area (Å²) in [6.07, 6.45) is 0. The fourth-order valence-electron chi connectivity index (χ4n) is 4.63. The largest absolute Gasteiger partial charge is 0.497 e. The summed E-state index contributed by atoms with van der Waals surface area (Å²) in [6.45, 7) is 2.47. The van der Waals surface area contributed by atoms with Crippen molar-refractivity contribution < 1.29 is 23.5 Å². The number of methoxy groups -OCH3 is 2. The maximum atomic E-state index is 13.9. The molecular formula is C27H26FN3O4S. The third-order valence-electron chi connectivity index (χ3n) is 6.71. The van der Waals surface area contributed by atoms with Crippen LogP contribution in [0, 0.1) is 5.82 Å². The van der Waals surface area contributed by atoms with E-state index in [1.54, 1.807) is 61.6 Å². The van der Waals surface area contributed by atoms with Gasteiger partial charge in [0.05, 0.1) is 27.3 Å². The Morgan fingerprint density at radius 2 is 1.89 bits per heavy atom. The Morgan fingerprint density at radius 3 is 2.61 bits per heavy atom. The first-order chi connectivity index (χ1) is 17.3. The zero-order valence-electron chi connectivity index (χ0n) is 20.2. The fraction of sp³-hybridized carbons (Fsp3) is 0.259. The number of thiophene rings is 1. The highest BCUT2D eigenvalue weighted by molar-refractivity contribution is 7.16. The van der Waals surface area contributed by atoms with Crippen molar-refractivity contribution in [3.05, 3.63) is 82.6 Å². The van der Waals surface area contributed by atoms with Gasteiger partial charge in [-0.3, -0.25) is 9.59 Å². The first-order valence-corrected chi connectivity index (χ1v) is 12.3. The topological polar surface area (TPSA) is 72.8 Å². The van der Waals surface area contributed by atoms with E-state index in [1.807, 2.05) is 28.1 Å². The van der Waals surface area contributed by atoms with Crippen LogP contribution in [0.4, 0.5) is 4.39 Å². The molecule has 1 N–H and O–H groups in total. The highest BCUT2D eigenvalue weighted by atomic mass is 32.1. The second kappa shape index (κ2) is 9.31. The molecule has 9 heteroatoms. The molecule has 0 saturated carbocycles. The number of nitrogens with zero attached hydrogens (tertiary/aromatic N) is 2. The summed E-state index contributed by atoms with van der Waals surface area (Å²) in [5.41, 5.74) is 0.880. The molecule has 2 aromatic heterocycles. The molecule has 2 amide bonds. The van der Waals surface area contributed by atoms with Gasteiger partial charge in [0, 0.05) is 23.6 Å². The monoisotopic (exact) mass is 507 g/mol. The van der Waals surface area contributed by atoms with Crippen molar-refractivity contribution in [3.8, 4) is 11.5 Å². The number of carbonyl (C=O) groups is 2. The van der Waals surface area contributed by atoms with E-state index < -0.39 is 5.54 Å². The quantitative estimate of drug-likeness (QED) is 0.397. The summed E-state index contributed by atoms with van der Waals surface area (Å²) >= 11 is 1.54. The molecule has 3 heterocycles. The lowest BCUT2D eigenvalue weighted by molar-refractivity contribution is -0.133. The molecule has 5 rings (SSSR count). The van der Waals surface area contributed by atoms with Gasteiger partial charge in [0.15, 0.2) is 0 Å². The zero-order chi connectivity index (χ0) is 25.4. The molecule has 1 aliphatic heterocycles. The van der Waals surface area contributed by atoms with Crippen LogP contribution in [0.1, 0.15) is 28.5 Å². The van der Waals surface area contributed by atoms with E-state index in [-0.39, 0.29) is 30.7 Å². The molecule has 1 aliphatic rings. The molecule has 0 unspecified atom stereocenters. The number of rotatable bonds is 7. The molecule has 0 aliphatic carbocycles. The van der Waals surface area contributed by atoms with Crippen LogP contribution >= 0.6 is 11.3 Å². The van der Waals surface area contributed by atoms with Crippen LogP contribution in [0.2, 0.25) is 0 Å². The summed E-state index contributed by atoms with van der Waals surface area (Å²) in [5.74, 6) is 0.334. The number of amides is 2. The number of aromatic nitrogens is 1. The van der Waals surface area contributed by atoms with Crippen molar-refractivity contribution in [2.75, 3.05) is 14.2 Å². The Labute approximate surface area is 212 Å². The molecule has 1 atom stereocenters. The normalized spacial score (nSPS) is 17.2. The second-order valence-electron chi connectivity index (χ2n) is 8.95. The van der Waals surface area contributed by atoms with E-state index in [2.05, 4.69) is 5.32 Å². The number of halogens is 1. The third-order valence-corrected chi connectivity index (χ3v) is 7.66. The number of ether oxygens (including phenoxy) is 2. The van der Waals surface area contributed by atoms with E-state index >= 15 is 0 Å². The number of benzene rings is 2. The molecule has 0 bridgehead atoms. The Bertz CT molecular complexity index is 1450. The lowest BCUT2D eigenvalue weighted by Crippen LogP contribution is -2.63. The fourth-order valence-corrected chi connectivity index (χ4v) is 5.53. The van der Waals surface area contributed by atoms with E-state index in [0.717, 1.165) is 21.3 Å². The number of carbonyl (C=O) groups excluding carboxylic acids is 2. The van der Waals surface area contributed by atoms with Gasteiger partial charge in [-0.2, -0.15) is 0 Å². The first-order valence-electron chi connectivity index (χ1n) is 11.5. The van der Waals surface area contributed by atoms with Gasteiger partial charge in [-0.25, -0.2) is 4.39 Å². The lowest BCUT2D eigenvalue weighted by atomic mass is 9.93. The van der Waals surface area contributed by atoms with E-state index in [0.29, 0.717) is 23.7 Å². The van der Waals surface area contributed by atoms with Crippen molar-refractivity contribution in [1.82, 2.24) is 14.8 Å². The molecule has 0 radical (unpaired) electrons. The van der Waals surface area contributed by atoms with E-state index in [4.69, 9.17) is 9.47 Å². The maximum Gasteiger partial charge on any atom is 0.271 e. The Hall–Kier alpha value is -3.85. The van der Waals surface area contributed by atoms with Gasteiger partial charge in [-0.05, 0) is 54.3 Å². The predicted octanol–water partition coefficient (Wildman–Crippen LogP) is 4.59. The molecule has 2 aromatic carbocycles. The number of hydrogen-bond acceptors (Lipinski definition) is 5. The average molecular weight is 508 g/mol. The molecule has 0 fully saturated rings. The van der Waals surface area contributed by atoms with E-state index in [1.165, 1.54) is 12.1 Å². The van der Waals surface area contributed by atoms with Crippen LogP contribution < -0.4 is 14.8 Å². The number of fused-ring (bicyclic) bond motifs is 3. The zero-order valence-corrected chi connectivity index (χ0v) is 21.0. The van der Waals surface area contributed by atoms with Crippen LogP contribution in [-0.4, -0.2) is 41.0 Å². The minimum absolute atomic E-state index is 0.172. The molecule has 36 heavy (non-hydrogen) atoms. The average Bonchev–Trinajstić information content (AvgIpc) is 3.48. The van der Waals surface area contributed by atoms with Crippen LogP contribution in [0.3, 0.4) is 0 Å². The first kappa shape index (κ1) is 23.9. The van der Waals surface area contributed by atoms with Crippen LogP contribution in [-0.2, 0) is 24.4 Å². The highest BCUT2D eigenvalue weighted by Crippen LogP contribution is 2.37. The highest BCUT2D eigenvalue weighted by Gasteiger charge is 2.48.